The van der Waals surface area contributed by atoms with Gasteiger partial charge in [0.25, 0.3) is 0 Å². The van der Waals surface area contributed by atoms with Crippen LogP contribution in [0, 0.1) is 17.2 Å². The van der Waals surface area contributed by atoms with E-state index in [1.54, 1.807) is 11.3 Å². The van der Waals surface area contributed by atoms with Crippen molar-refractivity contribution >= 4 is 16.3 Å². The normalized spacial score (nSPS) is 21.9. The third-order valence-electron chi connectivity index (χ3n) is 4.16. The predicted octanol–water partition coefficient (Wildman–Crippen LogP) is 3.06. The first-order valence-corrected chi connectivity index (χ1v) is 7.66. The molecule has 1 N–H and O–H groups in total. The summed E-state index contributed by atoms with van der Waals surface area (Å²) in [4.78, 5) is 3.48. The van der Waals surface area contributed by atoms with E-state index >= 15 is 0 Å². The molecular formula is C14H17F2N3S. The quantitative estimate of drug-likeness (QED) is 0.932. The van der Waals surface area contributed by atoms with Crippen molar-refractivity contribution in [3.8, 4) is 6.07 Å². The number of fused-ring (bicyclic) bond motifs is 1. The van der Waals surface area contributed by atoms with Crippen molar-refractivity contribution in [3.63, 3.8) is 0 Å². The van der Waals surface area contributed by atoms with Gasteiger partial charge < -0.3 is 5.32 Å². The molecule has 2 aliphatic rings. The molecular weight excluding hydrogens is 280 g/mol. The van der Waals surface area contributed by atoms with Crippen LogP contribution in [0.3, 0.4) is 0 Å². The Bertz CT molecular complexity index is 554. The monoisotopic (exact) mass is 297 g/mol. The van der Waals surface area contributed by atoms with Crippen molar-refractivity contribution in [2.75, 3.05) is 25.5 Å². The summed E-state index contributed by atoms with van der Waals surface area (Å²) in [7, 11) is 1.83. The molecule has 1 aromatic heterocycles. The summed E-state index contributed by atoms with van der Waals surface area (Å²) >= 11 is 1.65. The van der Waals surface area contributed by atoms with Gasteiger partial charge in [-0.15, -0.1) is 11.3 Å². The van der Waals surface area contributed by atoms with Crippen LogP contribution in [0.15, 0.2) is 0 Å². The lowest BCUT2D eigenvalue weighted by Crippen LogP contribution is -2.43. The van der Waals surface area contributed by atoms with Gasteiger partial charge in [0.05, 0.1) is 5.56 Å². The van der Waals surface area contributed by atoms with Gasteiger partial charge in [-0.1, -0.05) is 0 Å². The van der Waals surface area contributed by atoms with Crippen LogP contribution in [0.1, 0.15) is 28.8 Å². The van der Waals surface area contributed by atoms with E-state index in [1.807, 2.05) is 7.05 Å². The first kappa shape index (κ1) is 13.8. The van der Waals surface area contributed by atoms with E-state index in [2.05, 4.69) is 16.3 Å². The number of hydrogen-bond donors (Lipinski definition) is 1. The average molecular weight is 297 g/mol. The van der Waals surface area contributed by atoms with Gasteiger partial charge in [0, 0.05) is 50.0 Å². The van der Waals surface area contributed by atoms with E-state index in [-0.39, 0.29) is 18.8 Å². The molecule has 0 aromatic carbocycles. The average Bonchev–Trinajstić information content (AvgIpc) is 2.73. The lowest BCUT2D eigenvalue weighted by Gasteiger charge is -2.39. The maximum absolute atomic E-state index is 12.9. The van der Waals surface area contributed by atoms with Crippen molar-refractivity contribution in [3.05, 3.63) is 16.0 Å². The van der Waals surface area contributed by atoms with Crippen molar-refractivity contribution in [2.24, 2.45) is 5.92 Å². The summed E-state index contributed by atoms with van der Waals surface area (Å²) in [6, 6.07) is 2.27. The van der Waals surface area contributed by atoms with Crippen molar-refractivity contribution in [2.45, 2.75) is 31.7 Å². The Labute approximate surface area is 121 Å². The number of halogens is 2. The molecule has 2 heterocycles. The fourth-order valence-electron chi connectivity index (χ4n) is 3.17. The molecule has 0 amide bonds. The van der Waals surface area contributed by atoms with Crippen molar-refractivity contribution in [1.82, 2.24) is 4.90 Å². The van der Waals surface area contributed by atoms with Crippen LogP contribution in [-0.4, -0.2) is 31.0 Å². The molecule has 1 fully saturated rings. The molecule has 6 heteroatoms. The number of rotatable bonds is 3. The second kappa shape index (κ2) is 4.97. The fourth-order valence-corrected chi connectivity index (χ4v) is 4.28. The first-order chi connectivity index (χ1) is 9.52. The van der Waals surface area contributed by atoms with Crippen molar-refractivity contribution < 1.29 is 8.78 Å². The summed E-state index contributed by atoms with van der Waals surface area (Å²) < 4.78 is 25.8. The Hall–Kier alpha value is -1.19. The smallest absolute Gasteiger partial charge is 0.248 e. The second-order valence-corrected chi connectivity index (χ2v) is 6.79. The molecule has 1 saturated carbocycles. The highest BCUT2D eigenvalue weighted by molar-refractivity contribution is 7.16. The molecule has 1 aliphatic carbocycles. The van der Waals surface area contributed by atoms with Gasteiger partial charge >= 0.3 is 0 Å². The minimum absolute atomic E-state index is 0.0207. The first-order valence-electron chi connectivity index (χ1n) is 6.85. The van der Waals surface area contributed by atoms with Gasteiger partial charge in [0.1, 0.15) is 11.1 Å². The maximum Gasteiger partial charge on any atom is 0.248 e. The molecule has 3 rings (SSSR count). The van der Waals surface area contributed by atoms with E-state index in [0.29, 0.717) is 0 Å². The lowest BCUT2D eigenvalue weighted by molar-refractivity contribution is -0.117. The summed E-state index contributed by atoms with van der Waals surface area (Å²) in [6.07, 6.45) is 0.958. The molecule has 108 valence electrons. The largest absolute Gasteiger partial charge is 0.379 e. The van der Waals surface area contributed by atoms with Crippen LogP contribution in [0.2, 0.25) is 0 Å². The minimum atomic E-state index is -2.44. The Balaban J connectivity index is 1.69. The molecule has 1 aromatic rings. The number of alkyl halides is 2. The van der Waals surface area contributed by atoms with Crippen LogP contribution in [0.5, 0.6) is 0 Å². The Kier molecular flexibility index (Phi) is 3.43. The molecule has 0 unspecified atom stereocenters. The van der Waals surface area contributed by atoms with Gasteiger partial charge in [-0.3, -0.25) is 4.90 Å². The molecule has 0 bridgehead atoms. The predicted molar refractivity (Wildman–Crippen MR) is 75.2 cm³/mol. The zero-order valence-corrected chi connectivity index (χ0v) is 12.2. The van der Waals surface area contributed by atoms with E-state index < -0.39 is 5.92 Å². The van der Waals surface area contributed by atoms with Gasteiger partial charge in [-0.25, -0.2) is 8.78 Å². The molecule has 0 radical (unpaired) electrons. The van der Waals surface area contributed by atoms with Crippen LogP contribution in [0.25, 0.3) is 0 Å². The highest BCUT2D eigenvalue weighted by atomic mass is 32.1. The van der Waals surface area contributed by atoms with Gasteiger partial charge in [0.2, 0.25) is 5.92 Å². The molecule has 1 aliphatic heterocycles. The van der Waals surface area contributed by atoms with Crippen LogP contribution >= 0.6 is 11.3 Å². The topological polar surface area (TPSA) is 39.1 Å². The molecule has 0 spiro atoms. The third kappa shape index (κ3) is 2.40. The zero-order valence-electron chi connectivity index (χ0n) is 11.4. The lowest BCUT2D eigenvalue weighted by atomic mass is 9.81. The van der Waals surface area contributed by atoms with Gasteiger partial charge in [-0.2, -0.15) is 5.26 Å². The van der Waals surface area contributed by atoms with Crippen LogP contribution in [0.4, 0.5) is 13.8 Å². The van der Waals surface area contributed by atoms with E-state index in [1.165, 1.54) is 4.88 Å². The fraction of sp³-hybridized carbons (Fsp3) is 0.643. The number of hydrogen-bond acceptors (Lipinski definition) is 4. The van der Waals surface area contributed by atoms with E-state index in [0.717, 1.165) is 42.2 Å². The highest BCUT2D eigenvalue weighted by Crippen LogP contribution is 2.43. The zero-order chi connectivity index (χ0) is 14.3. The standard InChI is InChI=1S/C14H17F2N3S/c1-18-13-10(6-17)11-8-19(3-2-12(11)20-13)7-9-4-14(15,16)5-9/h9,18H,2-5,7-8H2,1H3. The van der Waals surface area contributed by atoms with Crippen molar-refractivity contribution in [1.29, 1.82) is 5.26 Å². The summed E-state index contributed by atoms with van der Waals surface area (Å²) in [5.41, 5.74) is 1.83. The summed E-state index contributed by atoms with van der Waals surface area (Å²) in [6.45, 7) is 2.35. The minimum Gasteiger partial charge on any atom is -0.379 e. The molecule has 0 saturated heterocycles. The van der Waals surface area contributed by atoms with Crippen LogP contribution < -0.4 is 5.32 Å². The number of nitrogens with one attached hydrogen (secondary N) is 1. The SMILES string of the molecule is CNc1sc2c(c1C#N)CN(CC1CC(F)(F)C1)CC2. The van der Waals surface area contributed by atoms with Crippen LogP contribution in [-0.2, 0) is 13.0 Å². The Morgan fingerprint density at radius 1 is 1.50 bits per heavy atom. The van der Waals surface area contributed by atoms with Gasteiger partial charge in [0.15, 0.2) is 0 Å². The highest BCUT2D eigenvalue weighted by Gasteiger charge is 2.45. The number of nitriles is 1. The third-order valence-corrected chi connectivity index (χ3v) is 5.47. The second-order valence-electron chi connectivity index (χ2n) is 5.69. The molecule has 3 nitrogen and oxygen atoms in total. The molecule has 0 atom stereocenters. The maximum atomic E-state index is 12.9. The molecule has 20 heavy (non-hydrogen) atoms. The van der Waals surface area contributed by atoms with E-state index in [9.17, 15) is 14.0 Å². The summed E-state index contributed by atoms with van der Waals surface area (Å²) in [5.74, 6) is -2.33. The summed E-state index contributed by atoms with van der Waals surface area (Å²) in [5, 5.41) is 13.3. The Morgan fingerprint density at radius 3 is 2.85 bits per heavy atom. The number of nitrogens with zero attached hydrogens (tertiary/aromatic N) is 2. The van der Waals surface area contributed by atoms with E-state index in [4.69, 9.17) is 0 Å². The number of thiophene rings is 1. The number of anilines is 1. The van der Waals surface area contributed by atoms with Gasteiger partial charge in [-0.05, 0) is 12.3 Å². The Morgan fingerprint density at radius 2 is 2.25 bits per heavy atom.